The highest BCUT2D eigenvalue weighted by Gasteiger charge is 2.12. The zero-order chi connectivity index (χ0) is 12.1. The quantitative estimate of drug-likeness (QED) is 0.784. The van der Waals surface area contributed by atoms with Gasteiger partial charge in [-0.1, -0.05) is 37.3 Å². The van der Waals surface area contributed by atoms with E-state index in [1.54, 1.807) is 0 Å². The second-order valence-electron chi connectivity index (χ2n) is 4.72. The van der Waals surface area contributed by atoms with Crippen LogP contribution in [0.3, 0.4) is 0 Å². The summed E-state index contributed by atoms with van der Waals surface area (Å²) in [6.45, 7) is 7.70. The SMILES string of the molecule is C/C=C(/c1ccccc1C)C(C)CN(C)C.Cl. The topological polar surface area (TPSA) is 3.24 Å². The Morgan fingerprint density at radius 2 is 1.88 bits per heavy atom. The molecule has 1 atom stereocenters. The van der Waals surface area contributed by atoms with Gasteiger partial charge in [0.15, 0.2) is 0 Å². The number of halogens is 1. The minimum absolute atomic E-state index is 0. The maximum atomic E-state index is 2.29. The van der Waals surface area contributed by atoms with E-state index < -0.39 is 0 Å². The molecule has 0 radical (unpaired) electrons. The molecule has 1 nitrogen and oxygen atoms in total. The van der Waals surface area contributed by atoms with Crippen molar-refractivity contribution in [3.05, 3.63) is 41.5 Å². The Bertz CT molecular complexity index is 369. The Labute approximate surface area is 112 Å². The average molecular weight is 254 g/mol. The van der Waals surface area contributed by atoms with Crippen molar-refractivity contribution >= 4 is 18.0 Å². The molecule has 0 N–H and O–H groups in total. The van der Waals surface area contributed by atoms with E-state index in [4.69, 9.17) is 0 Å². The highest BCUT2D eigenvalue weighted by atomic mass is 35.5. The summed E-state index contributed by atoms with van der Waals surface area (Å²) in [5.41, 5.74) is 4.20. The summed E-state index contributed by atoms with van der Waals surface area (Å²) in [7, 11) is 4.25. The van der Waals surface area contributed by atoms with Gasteiger partial charge < -0.3 is 4.90 Å². The number of hydrogen-bond acceptors (Lipinski definition) is 1. The lowest BCUT2D eigenvalue weighted by atomic mass is 9.90. The van der Waals surface area contributed by atoms with Crippen LogP contribution in [0.4, 0.5) is 0 Å². The van der Waals surface area contributed by atoms with Crippen LogP contribution < -0.4 is 0 Å². The van der Waals surface area contributed by atoms with Crippen LogP contribution in [0.25, 0.3) is 5.57 Å². The minimum atomic E-state index is 0. The van der Waals surface area contributed by atoms with E-state index in [0.29, 0.717) is 5.92 Å². The highest BCUT2D eigenvalue weighted by Crippen LogP contribution is 2.26. The number of benzene rings is 1. The normalized spacial score (nSPS) is 13.4. The molecule has 96 valence electrons. The van der Waals surface area contributed by atoms with Crippen molar-refractivity contribution in [2.24, 2.45) is 5.92 Å². The van der Waals surface area contributed by atoms with Crippen LogP contribution in [-0.2, 0) is 0 Å². The molecular formula is C15H24ClN. The van der Waals surface area contributed by atoms with Crippen LogP contribution in [-0.4, -0.2) is 25.5 Å². The van der Waals surface area contributed by atoms with Crippen LogP contribution in [0.2, 0.25) is 0 Å². The average Bonchev–Trinajstić information content (AvgIpc) is 2.20. The van der Waals surface area contributed by atoms with E-state index in [2.05, 4.69) is 70.1 Å². The van der Waals surface area contributed by atoms with Crippen molar-refractivity contribution in [3.63, 3.8) is 0 Å². The molecule has 1 unspecified atom stereocenters. The summed E-state index contributed by atoms with van der Waals surface area (Å²) >= 11 is 0. The van der Waals surface area contributed by atoms with E-state index >= 15 is 0 Å². The molecule has 2 heteroatoms. The first-order valence-electron chi connectivity index (χ1n) is 5.93. The van der Waals surface area contributed by atoms with Gasteiger partial charge in [0.1, 0.15) is 0 Å². The van der Waals surface area contributed by atoms with Gasteiger partial charge in [0.05, 0.1) is 0 Å². The van der Waals surface area contributed by atoms with Gasteiger partial charge in [0.2, 0.25) is 0 Å². The van der Waals surface area contributed by atoms with Gasteiger partial charge in [-0.15, -0.1) is 12.4 Å². The van der Waals surface area contributed by atoms with Crippen LogP contribution in [0.15, 0.2) is 30.3 Å². The number of rotatable bonds is 4. The monoisotopic (exact) mass is 253 g/mol. The number of nitrogens with zero attached hydrogens (tertiary/aromatic N) is 1. The lowest BCUT2D eigenvalue weighted by molar-refractivity contribution is 0.376. The van der Waals surface area contributed by atoms with Crippen LogP contribution in [0.1, 0.15) is 25.0 Å². The Morgan fingerprint density at radius 1 is 1.29 bits per heavy atom. The highest BCUT2D eigenvalue weighted by molar-refractivity contribution is 5.85. The van der Waals surface area contributed by atoms with Gasteiger partial charge in [-0.3, -0.25) is 0 Å². The molecule has 1 rings (SSSR count). The zero-order valence-corrected chi connectivity index (χ0v) is 12.3. The van der Waals surface area contributed by atoms with Gasteiger partial charge in [-0.05, 0) is 50.6 Å². The minimum Gasteiger partial charge on any atom is -0.309 e. The molecule has 0 saturated carbocycles. The predicted molar refractivity (Wildman–Crippen MR) is 79.8 cm³/mol. The van der Waals surface area contributed by atoms with Gasteiger partial charge in [-0.2, -0.15) is 0 Å². The fourth-order valence-electron chi connectivity index (χ4n) is 2.25. The van der Waals surface area contributed by atoms with E-state index in [1.165, 1.54) is 16.7 Å². The molecular weight excluding hydrogens is 230 g/mol. The second-order valence-corrected chi connectivity index (χ2v) is 4.72. The summed E-state index contributed by atoms with van der Waals surface area (Å²) in [5.74, 6) is 0.570. The summed E-state index contributed by atoms with van der Waals surface area (Å²) in [6.07, 6.45) is 2.25. The Hall–Kier alpha value is -0.790. The number of hydrogen-bond donors (Lipinski definition) is 0. The molecule has 0 aliphatic rings. The largest absolute Gasteiger partial charge is 0.309 e. The first-order chi connectivity index (χ1) is 7.56. The van der Waals surface area contributed by atoms with Crippen molar-refractivity contribution in [2.75, 3.05) is 20.6 Å². The van der Waals surface area contributed by atoms with Crippen molar-refractivity contribution in [1.29, 1.82) is 0 Å². The van der Waals surface area contributed by atoms with Crippen molar-refractivity contribution in [1.82, 2.24) is 4.90 Å². The van der Waals surface area contributed by atoms with Crippen molar-refractivity contribution < 1.29 is 0 Å². The Kier molecular flexibility index (Phi) is 7.17. The van der Waals surface area contributed by atoms with Gasteiger partial charge >= 0.3 is 0 Å². The molecule has 0 aliphatic carbocycles. The maximum Gasteiger partial charge on any atom is 0.00416 e. The van der Waals surface area contributed by atoms with Gasteiger partial charge in [0, 0.05) is 6.54 Å². The molecule has 0 bridgehead atoms. The third-order valence-corrected chi connectivity index (χ3v) is 2.94. The predicted octanol–water partition coefficient (Wildman–Crippen LogP) is 4.02. The lowest BCUT2D eigenvalue weighted by Gasteiger charge is -2.21. The van der Waals surface area contributed by atoms with Crippen LogP contribution in [0.5, 0.6) is 0 Å². The third-order valence-electron chi connectivity index (χ3n) is 2.94. The smallest absolute Gasteiger partial charge is 0.00416 e. The standard InChI is InChI=1S/C15H23N.ClH/c1-6-14(13(3)11-16(4)5)15-10-8-7-9-12(15)2;/h6-10,13H,11H2,1-5H3;1H/b14-6+;. The first-order valence-corrected chi connectivity index (χ1v) is 5.93. The molecule has 1 aromatic carbocycles. The molecule has 0 fully saturated rings. The fourth-order valence-corrected chi connectivity index (χ4v) is 2.25. The third kappa shape index (κ3) is 4.53. The van der Waals surface area contributed by atoms with E-state index in [1.807, 2.05) is 0 Å². The molecule has 0 amide bonds. The molecule has 17 heavy (non-hydrogen) atoms. The maximum absolute atomic E-state index is 2.29. The molecule has 0 aromatic heterocycles. The molecule has 0 heterocycles. The summed E-state index contributed by atoms with van der Waals surface area (Å²) < 4.78 is 0. The first kappa shape index (κ1) is 16.2. The van der Waals surface area contributed by atoms with Crippen molar-refractivity contribution in [2.45, 2.75) is 20.8 Å². The Morgan fingerprint density at radius 3 is 2.35 bits per heavy atom. The molecule has 0 aliphatic heterocycles. The van der Waals surface area contributed by atoms with Gasteiger partial charge in [-0.25, -0.2) is 0 Å². The lowest BCUT2D eigenvalue weighted by Crippen LogP contribution is -2.20. The number of aryl methyl sites for hydroxylation is 1. The van der Waals surface area contributed by atoms with Crippen molar-refractivity contribution in [3.8, 4) is 0 Å². The van der Waals surface area contributed by atoms with E-state index in [0.717, 1.165) is 6.54 Å². The fraction of sp³-hybridized carbons (Fsp3) is 0.467. The van der Waals surface area contributed by atoms with E-state index in [9.17, 15) is 0 Å². The van der Waals surface area contributed by atoms with Crippen LogP contribution in [0, 0.1) is 12.8 Å². The molecule has 0 spiro atoms. The second kappa shape index (κ2) is 7.52. The van der Waals surface area contributed by atoms with Gasteiger partial charge in [0.25, 0.3) is 0 Å². The molecule has 1 aromatic rings. The van der Waals surface area contributed by atoms with E-state index in [-0.39, 0.29) is 12.4 Å². The number of allylic oxidation sites excluding steroid dienone is 1. The van der Waals surface area contributed by atoms with Crippen LogP contribution >= 0.6 is 12.4 Å². The molecule has 0 saturated heterocycles. The zero-order valence-electron chi connectivity index (χ0n) is 11.5. The summed E-state index contributed by atoms with van der Waals surface area (Å²) in [5, 5.41) is 0. The summed E-state index contributed by atoms with van der Waals surface area (Å²) in [4.78, 5) is 2.24. The Balaban J connectivity index is 0.00000256. The summed E-state index contributed by atoms with van der Waals surface area (Å²) in [6, 6.07) is 8.62.